The molecular formula is C17H17IrNO2S. The number of aryl methyl sites for hydroxylation is 1. The Labute approximate surface area is 147 Å². The maximum Gasteiger partial charge on any atom is 0.316 e. The molecule has 3 rings (SSSR count). The van der Waals surface area contributed by atoms with Crippen LogP contribution in [0.2, 0.25) is 0 Å². The van der Waals surface area contributed by atoms with Gasteiger partial charge in [0.1, 0.15) is 0 Å². The molecule has 3 aromatic rings. The number of hydrogen-bond donors (Lipinski definition) is 1. The van der Waals surface area contributed by atoms with Gasteiger partial charge >= 0.3 is 5.78 Å². The molecular weight excluding hydrogens is 474 g/mol. The summed E-state index contributed by atoms with van der Waals surface area (Å²) in [6, 6.07) is 13.6. The summed E-state index contributed by atoms with van der Waals surface area (Å²) in [6.45, 7) is 5.04. The number of carbonyl (C=O) groups excluding carboxylic acids is 1. The van der Waals surface area contributed by atoms with Gasteiger partial charge in [0.2, 0.25) is 0 Å². The predicted octanol–water partition coefficient (Wildman–Crippen LogP) is 4.57. The van der Waals surface area contributed by atoms with E-state index in [0.717, 1.165) is 15.9 Å². The molecule has 0 amide bonds. The van der Waals surface area contributed by atoms with Crippen LogP contribution in [0.4, 0.5) is 0 Å². The topological polar surface area (TPSA) is 54.5 Å². The molecule has 5 heteroatoms. The van der Waals surface area contributed by atoms with Crippen LogP contribution in [-0.2, 0) is 20.1 Å². The Morgan fingerprint density at radius 2 is 2.05 bits per heavy atom. The van der Waals surface area contributed by atoms with Crippen LogP contribution in [0.15, 0.2) is 42.2 Å². The number of aliphatic hydroxyl groups is 1. The second-order valence-electron chi connectivity index (χ2n) is 4.71. The van der Waals surface area contributed by atoms with E-state index in [9.17, 15) is 0 Å². The summed E-state index contributed by atoms with van der Waals surface area (Å²) < 4.78 is 1.25. The monoisotopic (exact) mass is 492 g/mol. The van der Waals surface area contributed by atoms with Gasteiger partial charge in [-0.3, -0.25) is 9.78 Å². The Balaban J connectivity index is 0.000000264. The first-order chi connectivity index (χ1) is 9.97. The molecule has 0 unspecified atom stereocenters. The van der Waals surface area contributed by atoms with Crippen molar-refractivity contribution >= 4 is 38.1 Å². The van der Waals surface area contributed by atoms with Crippen LogP contribution in [-0.4, -0.2) is 20.7 Å². The van der Waals surface area contributed by atoms with Gasteiger partial charge in [-0.2, -0.15) is 0 Å². The van der Waals surface area contributed by atoms with Crippen molar-refractivity contribution in [2.75, 3.05) is 0 Å². The number of nitrogens with zero attached hydrogens (tertiary/aromatic N) is 1. The fraction of sp³-hybridized carbons (Fsp3) is 0.176. The molecule has 117 valence electrons. The number of fused-ring (bicyclic) bond motifs is 3. The number of thiazole rings is 1. The third-order valence-electron chi connectivity index (χ3n) is 2.72. The van der Waals surface area contributed by atoms with Crippen molar-refractivity contribution in [1.82, 2.24) is 4.98 Å². The van der Waals surface area contributed by atoms with Crippen molar-refractivity contribution in [3.05, 3.63) is 53.2 Å². The van der Waals surface area contributed by atoms with Gasteiger partial charge in [-0.25, -0.2) is 0 Å². The number of aliphatic hydroxyl groups excluding tert-OH is 1. The van der Waals surface area contributed by atoms with Crippen LogP contribution in [0.3, 0.4) is 0 Å². The number of aromatic nitrogens is 1. The van der Waals surface area contributed by atoms with Crippen molar-refractivity contribution in [2.24, 2.45) is 0 Å². The third kappa shape index (κ3) is 4.73. The van der Waals surface area contributed by atoms with Gasteiger partial charge in [0.15, 0.2) is 0 Å². The van der Waals surface area contributed by atoms with Gasteiger partial charge in [-0.05, 0) is 13.8 Å². The van der Waals surface area contributed by atoms with Crippen molar-refractivity contribution in [3.63, 3.8) is 0 Å². The molecule has 22 heavy (non-hydrogen) atoms. The van der Waals surface area contributed by atoms with Crippen LogP contribution < -0.4 is 0 Å². The van der Waals surface area contributed by atoms with E-state index in [0.29, 0.717) is 0 Å². The molecule has 0 aliphatic carbocycles. The van der Waals surface area contributed by atoms with E-state index in [-0.39, 0.29) is 31.6 Å². The maximum absolute atomic E-state index is 8.40. The van der Waals surface area contributed by atoms with Crippen LogP contribution in [0.5, 0.6) is 0 Å². The summed E-state index contributed by atoms with van der Waals surface area (Å²) in [5.74, 6) is 0.250. The van der Waals surface area contributed by atoms with Crippen LogP contribution in [0.25, 0.3) is 21.0 Å². The van der Waals surface area contributed by atoms with Gasteiger partial charge < -0.3 is 5.11 Å². The van der Waals surface area contributed by atoms with Crippen LogP contribution in [0, 0.1) is 13.0 Å². The van der Waals surface area contributed by atoms with Crippen molar-refractivity contribution in [3.8, 4) is 0 Å². The molecule has 0 fully saturated rings. The van der Waals surface area contributed by atoms with E-state index in [1.807, 2.05) is 19.1 Å². The molecule has 0 bridgehead atoms. The standard InChI is InChI=1S/C12H8NS.C5H8O2.Ir/c1-8-13-12-10-5-3-2-4-9(10)6-7-11(12)14-8;1-4(6)3-5(2)7;/h2-4,6-7H,1H3;3,6H,1-2H3;/q-1;;/p+1/b;4-3-;. The fourth-order valence-electron chi connectivity index (χ4n) is 2.00. The van der Waals surface area contributed by atoms with E-state index in [1.54, 1.807) is 11.3 Å². The van der Waals surface area contributed by atoms with Gasteiger partial charge in [0, 0.05) is 30.3 Å². The smallest absolute Gasteiger partial charge is 0.316 e. The normalized spacial score (nSPS) is 10.8. The summed E-state index contributed by atoms with van der Waals surface area (Å²) in [5.41, 5.74) is 1.09. The molecule has 1 radical (unpaired) electrons. The van der Waals surface area contributed by atoms with Crippen LogP contribution in [0.1, 0.15) is 18.9 Å². The first-order valence-electron chi connectivity index (χ1n) is 6.53. The first kappa shape index (κ1) is 18.5. The molecule has 0 atom stereocenters. The molecule has 1 aromatic heterocycles. The zero-order valence-electron chi connectivity index (χ0n) is 12.5. The summed E-state index contributed by atoms with van der Waals surface area (Å²) in [4.78, 5) is 12.9. The quantitative estimate of drug-likeness (QED) is 0.235. The Bertz CT molecular complexity index is 820. The molecule has 2 aromatic carbocycles. The Morgan fingerprint density at radius 3 is 2.64 bits per heavy atom. The second kappa shape index (κ2) is 8.18. The summed E-state index contributed by atoms with van der Waals surface area (Å²) in [6.07, 6.45) is 1.28. The average Bonchev–Trinajstić information content (AvgIpc) is 2.78. The predicted molar refractivity (Wildman–Crippen MR) is 89.7 cm³/mol. The van der Waals surface area contributed by atoms with Gasteiger partial charge in [0.25, 0.3) is 0 Å². The number of ketones is 1. The average molecular weight is 492 g/mol. The number of allylic oxidation sites excluding steroid dienone is 2. The molecule has 0 saturated carbocycles. The van der Waals surface area contributed by atoms with E-state index < -0.39 is 0 Å². The maximum atomic E-state index is 8.40. The Hall–Kier alpha value is -1.55. The summed E-state index contributed by atoms with van der Waals surface area (Å²) >= 11 is 1.74. The van der Waals surface area contributed by atoms with Gasteiger partial charge in [-0.1, -0.05) is 12.1 Å². The molecule has 3 nitrogen and oxygen atoms in total. The Kier molecular flexibility index (Phi) is 6.88. The number of benzene rings is 2. The van der Waals surface area contributed by atoms with Crippen molar-refractivity contribution in [1.29, 1.82) is 0 Å². The minimum atomic E-state index is 0. The van der Waals surface area contributed by atoms with Gasteiger partial charge in [0.05, 0.1) is 23.8 Å². The zero-order valence-corrected chi connectivity index (χ0v) is 15.8. The molecule has 1 heterocycles. The number of hydrogen-bond acceptors (Lipinski definition) is 3. The van der Waals surface area contributed by atoms with Crippen molar-refractivity contribution in [2.45, 2.75) is 20.8 Å². The molecule has 0 saturated heterocycles. The van der Waals surface area contributed by atoms with Crippen molar-refractivity contribution < 1.29 is 30.0 Å². The molecule has 0 aliphatic rings. The van der Waals surface area contributed by atoms with E-state index in [1.165, 1.54) is 30.0 Å². The van der Waals surface area contributed by atoms with Crippen LogP contribution >= 0.6 is 11.3 Å². The van der Waals surface area contributed by atoms with Gasteiger partial charge in [-0.15, -0.1) is 46.4 Å². The molecule has 0 spiro atoms. The summed E-state index contributed by atoms with van der Waals surface area (Å²) in [7, 11) is 0. The second-order valence-corrected chi connectivity index (χ2v) is 5.94. The largest absolute Gasteiger partial charge is 0.512 e. The van der Waals surface area contributed by atoms with E-state index in [2.05, 4.69) is 29.2 Å². The van der Waals surface area contributed by atoms with E-state index >= 15 is 0 Å². The molecule has 2 N–H and O–H groups in total. The first-order valence-corrected chi connectivity index (χ1v) is 7.35. The zero-order chi connectivity index (χ0) is 15.4. The SMILES string of the molecule is CC(=[OH+])/C=C(/C)O.Cc1nc2c(ccc3ccc[c-]c32)s1.[Ir]. The minimum absolute atomic E-state index is 0. The summed E-state index contributed by atoms with van der Waals surface area (Å²) in [5, 5.41) is 11.9. The fourth-order valence-corrected chi connectivity index (χ4v) is 2.83. The Morgan fingerprint density at radius 1 is 1.32 bits per heavy atom. The minimum Gasteiger partial charge on any atom is -0.512 e. The number of rotatable bonds is 1. The molecule has 0 aliphatic heterocycles. The third-order valence-corrected chi connectivity index (χ3v) is 3.65. The van der Waals surface area contributed by atoms with E-state index in [4.69, 9.17) is 9.90 Å².